The predicted octanol–water partition coefficient (Wildman–Crippen LogP) is 3.61. The molecule has 0 saturated heterocycles. The third-order valence-electron chi connectivity index (χ3n) is 0.988. The van der Waals surface area contributed by atoms with E-state index in [4.69, 9.17) is 5.26 Å². The van der Waals surface area contributed by atoms with Crippen LogP contribution in [0.3, 0.4) is 0 Å². The SMILES string of the molecule is C=C(C)/C=C\C(C#N)=C/C.CC. The molecule has 1 nitrogen and oxygen atoms in total. The van der Waals surface area contributed by atoms with Crippen molar-refractivity contribution in [2.24, 2.45) is 0 Å². The Labute approximate surface area is 75.7 Å². The molecule has 0 atom stereocenters. The molecule has 0 spiro atoms. The summed E-state index contributed by atoms with van der Waals surface area (Å²) in [6, 6.07) is 2.04. The van der Waals surface area contributed by atoms with Gasteiger partial charge in [-0.05, 0) is 19.9 Å². The minimum atomic E-state index is 0.669. The highest BCUT2D eigenvalue weighted by Crippen LogP contribution is 1.97. The van der Waals surface area contributed by atoms with Gasteiger partial charge in [0.2, 0.25) is 0 Å². The molecular weight excluding hydrogens is 146 g/mol. The Hall–Kier alpha value is -1.29. The summed E-state index contributed by atoms with van der Waals surface area (Å²) in [5.74, 6) is 0. The van der Waals surface area contributed by atoms with Crippen LogP contribution in [0.2, 0.25) is 0 Å². The number of allylic oxidation sites excluding steroid dienone is 5. The summed E-state index contributed by atoms with van der Waals surface area (Å²) in [5.41, 5.74) is 1.62. The van der Waals surface area contributed by atoms with E-state index in [9.17, 15) is 0 Å². The number of nitriles is 1. The molecule has 0 heterocycles. The molecule has 0 aromatic heterocycles. The quantitative estimate of drug-likeness (QED) is 0.450. The fraction of sp³-hybridized carbons (Fsp3) is 0.364. The van der Waals surface area contributed by atoms with Crippen LogP contribution < -0.4 is 0 Å². The zero-order valence-corrected chi connectivity index (χ0v) is 8.39. The zero-order valence-electron chi connectivity index (χ0n) is 8.39. The molecule has 1 heteroatoms. The first-order valence-corrected chi connectivity index (χ1v) is 4.10. The summed E-state index contributed by atoms with van der Waals surface area (Å²) in [5, 5.41) is 8.44. The van der Waals surface area contributed by atoms with Gasteiger partial charge in [-0.25, -0.2) is 0 Å². The number of hydrogen-bond donors (Lipinski definition) is 0. The lowest BCUT2D eigenvalue weighted by Gasteiger charge is -1.84. The molecule has 0 aromatic carbocycles. The minimum Gasteiger partial charge on any atom is -0.192 e. The van der Waals surface area contributed by atoms with Crippen LogP contribution >= 0.6 is 0 Å². The van der Waals surface area contributed by atoms with Crippen LogP contribution in [0.5, 0.6) is 0 Å². The van der Waals surface area contributed by atoms with E-state index in [0.717, 1.165) is 5.57 Å². The lowest BCUT2D eigenvalue weighted by molar-refractivity contribution is 1.47. The van der Waals surface area contributed by atoms with Crippen molar-refractivity contribution in [2.75, 3.05) is 0 Å². The van der Waals surface area contributed by atoms with Crippen molar-refractivity contribution < 1.29 is 0 Å². The second-order valence-electron chi connectivity index (χ2n) is 2.04. The van der Waals surface area contributed by atoms with Crippen molar-refractivity contribution in [1.82, 2.24) is 0 Å². The first-order chi connectivity index (χ1) is 5.70. The second-order valence-corrected chi connectivity index (χ2v) is 2.04. The summed E-state index contributed by atoms with van der Waals surface area (Å²) in [6.07, 6.45) is 5.33. The molecule has 0 rings (SSSR count). The van der Waals surface area contributed by atoms with Crippen molar-refractivity contribution in [3.63, 3.8) is 0 Å². The summed E-state index contributed by atoms with van der Waals surface area (Å²) >= 11 is 0. The van der Waals surface area contributed by atoms with E-state index in [2.05, 4.69) is 6.58 Å². The van der Waals surface area contributed by atoms with Crippen molar-refractivity contribution in [3.8, 4) is 6.07 Å². The molecule has 0 unspecified atom stereocenters. The van der Waals surface area contributed by atoms with Gasteiger partial charge in [0.05, 0.1) is 6.07 Å². The van der Waals surface area contributed by atoms with E-state index in [-0.39, 0.29) is 0 Å². The Balaban J connectivity index is 0. The van der Waals surface area contributed by atoms with Gasteiger partial charge in [-0.3, -0.25) is 0 Å². The summed E-state index contributed by atoms with van der Waals surface area (Å²) in [6.45, 7) is 11.4. The molecule has 0 saturated carbocycles. The molecule has 0 N–H and O–H groups in total. The van der Waals surface area contributed by atoms with Gasteiger partial charge in [0, 0.05) is 5.57 Å². The van der Waals surface area contributed by atoms with Gasteiger partial charge in [-0.2, -0.15) is 5.26 Å². The molecule has 0 aliphatic carbocycles. The van der Waals surface area contributed by atoms with Crippen molar-refractivity contribution >= 4 is 0 Å². The topological polar surface area (TPSA) is 23.8 Å². The minimum absolute atomic E-state index is 0.669. The maximum absolute atomic E-state index is 8.44. The average molecular weight is 163 g/mol. The molecule has 0 aliphatic rings. The van der Waals surface area contributed by atoms with Gasteiger partial charge in [-0.15, -0.1) is 0 Å². The van der Waals surface area contributed by atoms with Crippen LogP contribution in [-0.2, 0) is 0 Å². The monoisotopic (exact) mass is 163 g/mol. The molecule has 12 heavy (non-hydrogen) atoms. The first-order valence-electron chi connectivity index (χ1n) is 4.10. The Kier molecular flexibility index (Phi) is 10.8. The standard InChI is InChI=1S/C9H11N.C2H6/c1-4-9(7-10)6-5-8(2)3;1-2/h4-6H,2H2,1,3H3;1-2H3/b6-5-,9-4+;. The molecule has 66 valence electrons. The van der Waals surface area contributed by atoms with E-state index in [1.807, 2.05) is 39.8 Å². The van der Waals surface area contributed by atoms with Crippen molar-refractivity contribution in [3.05, 3.63) is 36.0 Å². The van der Waals surface area contributed by atoms with Crippen LogP contribution in [0.15, 0.2) is 36.0 Å². The molecule has 0 aromatic rings. The number of rotatable bonds is 2. The molecule has 0 aliphatic heterocycles. The average Bonchev–Trinajstić information content (AvgIpc) is 2.09. The Morgan fingerprint density at radius 3 is 2.08 bits per heavy atom. The van der Waals surface area contributed by atoms with E-state index >= 15 is 0 Å². The van der Waals surface area contributed by atoms with Crippen LogP contribution in [0.1, 0.15) is 27.7 Å². The van der Waals surface area contributed by atoms with E-state index < -0.39 is 0 Å². The normalized spacial score (nSPS) is 10.1. The molecular formula is C11H17N. The third-order valence-corrected chi connectivity index (χ3v) is 0.988. The highest BCUT2D eigenvalue weighted by atomic mass is 14.2. The van der Waals surface area contributed by atoms with Gasteiger partial charge in [0.1, 0.15) is 0 Å². The van der Waals surface area contributed by atoms with Crippen molar-refractivity contribution in [2.45, 2.75) is 27.7 Å². The third kappa shape index (κ3) is 8.71. The maximum atomic E-state index is 8.44. The number of nitrogens with zero attached hydrogens (tertiary/aromatic N) is 1. The van der Waals surface area contributed by atoms with Crippen molar-refractivity contribution in [1.29, 1.82) is 5.26 Å². The van der Waals surface area contributed by atoms with Gasteiger partial charge < -0.3 is 0 Å². The van der Waals surface area contributed by atoms with Crippen LogP contribution in [0.4, 0.5) is 0 Å². The highest BCUT2D eigenvalue weighted by molar-refractivity contribution is 5.35. The predicted molar refractivity (Wildman–Crippen MR) is 54.7 cm³/mol. The molecule has 0 fully saturated rings. The number of hydrogen-bond acceptors (Lipinski definition) is 1. The van der Waals surface area contributed by atoms with E-state index in [0.29, 0.717) is 5.57 Å². The van der Waals surface area contributed by atoms with Crippen LogP contribution in [-0.4, -0.2) is 0 Å². The smallest absolute Gasteiger partial charge is 0.0988 e. The molecule has 0 bridgehead atoms. The lowest BCUT2D eigenvalue weighted by Crippen LogP contribution is -1.69. The van der Waals surface area contributed by atoms with Gasteiger partial charge in [0.15, 0.2) is 0 Å². The molecule has 0 amide bonds. The van der Waals surface area contributed by atoms with Gasteiger partial charge in [0.25, 0.3) is 0 Å². The lowest BCUT2D eigenvalue weighted by atomic mass is 10.2. The summed E-state index contributed by atoms with van der Waals surface area (Å²) in [7, 11) is 0. The largest absolute Gasteiger partial charge is 0.192 e. The Bertz CT molecular complexity index is 214. The van der Waals surface area contributed by atoms with Gasteiger partial charge >= 0.3 is 0 Å². The molecule has 0 radical (unpaired) electrons. The highest BCUT2D eigenvalue weighted by Gasteiger charge is 1.82. The summed E-state index contributed by atoms with van der Waals surface area (Å²) < 4.78 is 0. The Morgan fingerprint density at radius 2 is 1.83 bits per heavy atom. The summed E-state index contributed by atoms with van der Waals surface area (Å²) in [4.78, 5) is 0. The van der Waals surface area contributed by atoms with Gasteiger partial charge in [-0.1, -0.05) is 38.2 Å². The van der Waals surface area contributed by atoms with E-state index in [1.165, 1.54) is 0 Å². The maximum Gasteiger partial charge on any atom is 0.0988 e. The fourth-order valence-corrected chi connectivity index (χ4v) is 0.430. The van der Waals surface area contributed by atoms with E-state index in [1.54, 1.807) is 12.2 Å². The van der Waals surface area contributed by atoms with Crippen LogP contribution in [0, 0.1) is 11.3 Å². The fourth-order valence-electron chi connectivity index (χ4n) is 0.430. The first kappa shape index (κ1) is 13.3. The van der Waals surface area contributed by atoms with Crippen LogP contribution in [0.25, 0.3) is 0 Å². The Morgan fingerprint density at radius 1 is 1.33 bits per heavy atom. The zero-order chi connectivity index (χ0) is 9.98. The second kappa shape index (κ2) is 9.71.